The molecule has 2 aromatic carbocycles. The Balaban J connectivity index is 2.17. The van der Waals surface area contributed by atoms with Crippen LogP contribution in [0.25, 0.3) is 6.08 Å². The van der Waals surface area contributed by atoms with Crippen LogP contribution in [0.5, 0.6) is 5.75 Å². The molecule has 0 amide bonds. The Morgan fingerprint density at radius 2 is 1.92 bits per heavy atom. The van der Waals surface area contributed by atoms with Gasteiger partial charge in [-0.1, -0.05) is 36.8 Å². The maximum absolute atomic E-state index is 5.55. The van der Waals surface area contributed by atoms with Crippen molar-refractivity contribution in [2.75, 3.05) is 31.3 Å². The molecule has 0 aliphatic carbocycles. The van der Waals surface area contributed by atoms with Gasteiger partial charge in [0.05, 0.1) is 7.11 Å². The zero-order chi connectivity index (χ0) is 18.9. The van der Waals surface area contributed by atoms with Crippen LogP contribution in [-0.2, 0) is 0 Å². The van der Waals surface area contributed by atoms with E-state index in [2.05, 4.69) is 80.0 Å². The number of benzene rings is 2. The third kappa shape index (κ3) is 5.04. The van der Waals surface area contributed by atoms with Crippen molar-refractivity contribution in [3.8, 4) is 5.75 Å². The predicted molar refractivity (Wildman–Crippen MR) is 115 cm³/mol. The van der Waals surface area contributed by atoms with Crippen molar-refractivity contribution in [2.24, 2.45) is 0 Å². The standard InChI is InChI=1S/C23H32N2O/c1-6-18(21-15-17(3)11-14-22(21)24-4)9-8-10-19-12-13-20(25-7-2)16-23(19)26-5/h8,10-16,18,24-25H,6-7,9H2,1-5H3/b10-8+. The van der Waals surface area contributed by atoms with Crippen molar-refractivity contribution in [3.63, 3.8) is 0 Å². The molecule has 3 nitrogen and oxygen atoms in total. The third-order valence-corrected chi connectivity index (χ3v) is 4.74. The fourth-order valence-corrected chi connectivity index (χ4v) is 3.28. The van der Waals surface area contributed by atoms with E-state index in [1.54, 1.807) is 7.11 Å². The van der Waals surface area contributed by atoms with Crippen LogP contribution in [0.15, 0.2) is 42.5 Å². The number of rotatable bonds is 9. The van der Waals surface area contributed by atoms with Gasteiger partial charge in [-0.15, -0.1) is 0 Å². The molecule has 0 spiro atoms. The van der Waals surface area contributed by atoms with Crippen molar-refractivity contribution in [2.45, 2.75) is 39.5 Å². The highest BCUT2D eigenvalue weighted by Crippen LogP contribution is 2.32. The topological polar surface area (TPSA) is 33.3 Å². The number of ether oxygens (including phenoxy) is 1. The zero-order valence-electron chi connectivity index (χ0n) is 16.7. The van der Waals surface area contributed by atoms with E-state index in [-0.39, 0.29) is 0 Å². The van der Waals surface area contributed by atoms with E-state index in [4.69, 9.17) is 4.74 Å². The van der Waals surface area contributed by atoms with Gasteiger partial charge in [-0.2, -0.15) is 0 Å². The number of nitrogens with one attached hydrogen (secondary N) is 2. The molecule has 0 aromatic heterocycles. The molecule has 0 aliphatic rings. The zero-order valence-corrected chi connectivity index (χ0v) is 16.7. The van der Waals surface area contributed by atoms with Crippen molar-refractivity contribution < 1.29 is 4.74 Å². The fraction of sp³-hybridized carbons (Fsp3) is 0.391. The Kier molecular flexibility index (Phi) is 7.58. The summed E-state index contributed by atoms with van der Waals surface area (Å²) in [4.78, 5) is 0. The Labute approximate surface area is 158 Å². The molecule has 0 saturated carbocycles. The highest BCUT2D eigenvalue weighted by Gasteiger charge is 2.12. The van der Waals surface area contributed by atoms with Gasteiger partial charge in [-0.3, -0.25) is 0 Å². The normalized spacial score (nSPS) is 12.2. The van der Waals surface area contributed by atoms with Crippen LogP contribution in [0.3, 0.4) is 0 Å². The lowest BCUT2D eigenvalue weighted by Crippen LogP contribution is -2.02. The lowest BCUT2D eigenvalue weighted by molar-refractivity contribution is 0.414. The van der Waals surface area contributed by atoms with Gasteiger partial charge in [0.25, 0.3) is 0 Å². The molecule has 2 N–H and O–H groups in total. The molecule has 2 rings (SSSR count). The lowest BCUT2D eigenvalue weighted by Gasteiger charge is -2.18. The van der Waals surface area contributed by atoms with Crippen molar-refractivity contribution in [1.29, 1.82) is 0 Å². The Morgan fingerprint density at radius 3 is 2.58 bits per heavy atom. The molecular weight excluding hydrogens is 320 g/mol. The summed E-state index contributed by atoms with van der Waals surface area (Å²) in [5.74, 6) is 1.40. The lowest BCUT2D eigenvalue weighted by atomic mass is 9.90. The van der Waals surface area contributed by atoms with Crippen molar-refractivity contribution in [1.82, 2.24) is 0 Å². The minimum atomic E-state index is 0.501. The smallest absolute Gasteiger partial charge is 0.128 e. The Bertz CT molecular complexity index is 737. The van der Waals surface area contributed by atoms with E-state index < -0.39 is 0 Å². The van der Waals surface area contributed by atoms with Crippen LogP contribution >= 0.6 is 0 Å². The average Bonchev–Trinajstić information content (AvgIpc) is 2.66. The second-order valence-corrected chi connectivity index (χ2v) is 6.57. The van der Waals surface area contributed by atoms with E-state index in [0.29, 0.717) is 5.92 Å². The first-order valence-electron chi connectivity index (χ1n) is 9.49. The Hall–Kier alpha value is -2.42. The van der Waals surface area contributed by atoms with Crippen molar-refractivity contribution >= 4 is 17.5 Å². The third-order valence-electron chi connectivity index (χ3n) is 4.74. The summed E-state index contributed by atoms with van der Waals surface area (Å²) >= 11 is 0. The largest absolute Gasteiger partial charge is 0.496 e. The molecule has 140 valence electrons. The minimum absolute atomic E-state index is 0.501. The minimum Gasteiger partial charge on any atom is -0.496 e. The SMILES string of the molecule is CCNc1ccc(/C=C/CC(CC)c2cc(C)ccc2NC)c(OC)c1. The first-order chi connectivity index (χ1) is 12.6. The van der Waals surface area contributed by atoms with Crippen molar-refractivity contribution in [3.05, 3.63) is 59.2 Å². The average molecular weight is 353 g/mol. The van der Waals surface area contributed by atoms with E-state index in [1.807, 2.05) is 7.05 Å². The van der Waals surface area contributed by atoms with Gasteiger partial charge in [0.1, 0.15) is 5.75 Å². The fourth-order valence-electron chi connectivity index (χ4n) is 3.28. The first-order valence-corrected chi connectivity index (χ1v) is 9.49. The summed E-state index contributed by atoms with van der Waals surface area (Å²) in [5.41, 5.74) is 6.13. The second kappa shape index (κ2) is 9.91. The van der Waals surface area contributed by atoms with Crippen LogP contribution in [0.2, 0.25) is 0 Å². The van der Waals surface area contributed by atoms with Gasteiger partial charge in [0, 0.05) is 36.6 Å². The van der Waals surface area contributed by atoms with Gasteiger partial charge in [0.15, 0.2) is 0 Å². The van der Waals surface area contributed by atoms with E-state index >= 15 is 0 Å². The van der Waals surface area contributed by atoms with E-state index in [9.17, 15) is 0 Å². The van der Waals surface area contributed by atoms with Gasteiger partial charge in [0.2, 0.25) is 0 Å². The molecule has 26 heavy (non-hydrogen) atoms. The molecular formula is C23H32N2O. The summed E-state index contributed by atoms with van der Waals surface area (Å²) in [6.07, 6.45) is 6.55. The van der Waals surface area contributed by atoms with Crippen LogP contribution in [-0.4, -0.2) is 20.7 Å². The number of anilines is 2. The molecule has 0 bridgehead atoms. The summed E-state index contributed by atoms with van der Waals surface area (Å²) in [5, 5.41) is 6.65. The van der Waals surface area contributed by atoms with Crippen LogP contribution in [0, 0.1) is 6.92 Å². The summed E-state index contributed by atoms with van der Waals surface area (Å²) < 4.78 is 5.55. The first kappa shape index (κ1) is 19.9. The van der Waals surface area contributed by atoms with Gasteiger partial charge >= 0.3 is 0 Å². The molecule has 1 atom stereocenters. The predicted octanol–water partition coefficient (Wildman–Crippen LogP) is 6.07. The van der Waals surface area contributed by atoms with Crippen LogP contribution in [0.1, 0.15) is 49.3 Å². The number of hydrogen-bond acceptors (Lipinski definition) is 3. The molecule has 0 radical (unpaired) electrons. The Morgan fingerprint density at radius 1 is 1.12 bits per heavy atom. The monoisotopic (exact) mass is 352 g/mol. The van der Waals surface area contributed by atoms with E-state index in [1.165, 1.54) is 16.8 Å². The molecule has 0 aliphatic heterocycles. The maximum Gasteiger partial charge on any atom is 0.128 e. The molecule has 2 aromatic rings. The van der Waals surface area contributed by atoms with Crippen LogP contribution in [0.4, 0.5) is 11.4 Å². The number of aryl methyl sites for hydroxylation is 1. The molecule has 0 heterocycles. The highest BCUT2D eigenvalue weighted by molar-refractivity contribution is 5.63. The van der Waals surface area contributed by atoms with Crippen LogP contribution < -0.4 is 15.4 Å². The second-order valence-electron chi connectivity index (χ2n) is 6.57. The molecule has 1 unspecified atom stereocenters. The molecule has 0 saturated heterocycles. The summed E-state index contributed by atoms with van der Waals surface area (Å²) in [7, 11) is 3.72. The summed E-state index contributed by atoms with van der Waals surface area (Å²) in [6.45, 7) is 7.41. The van der Waals surface area contributed by atoms with Gasteiger partial charge in [-0.05, 0) is 56.4 Å². The van der Waals surface area contributed by atoms with Gasteiger partial charge in [-0.25, -0.2) is 0 Å². The maximum atomic E-state index is 5.55. The number of hydrogen-bond donors (Lipinski definition) is 2. The highest BCUT2D eigenvalue weighted by atomic mass is 16.5. The van der Waals surface area contributed by atoms with Gasteiger partial charge < -0.3 is 15.4 Å². The summed E-state index contributed by atoms with van der Waals surface area (Å²) in [6, 6.07) is 12.9. The molecule has 0 fully saturated rings. The molecule has 3 heteroatoms. The number of methoxy groups -OCH3 is 1. The quantitative estimate of drug-likeness (QED) is 0.574. The number of allylic oxidation sites excluding steroid dienone is 1. The van der Waals surface area contributed by atoms with E-state index in [0.717, 1.165) is 36.4 Å².